The highest BCUT2D eigenvalue weighted by atomic mass is 14.9. The molecule has 0 saturated carbocycles. The van der Waals surface area contributed by atoms with Crippen LogP contribution in [0.3, 0.4) is 0 Å². The molecule has 0 radical (unpaired) electrons. The van der Waals surface area contributed by atoms with Crippen LogP contribution in [0.2, 0.25) is 0 Å². The van der Waals surface area contributed by atoms with E-state index in [1.54, 1.807) is 0 Å². The van der Waals surface area contributed by atoms with Crippen LogP contribution in [0.25, 0.3) is 0 Å². The first-order chi connectivity index (χ1) is 6.35. The molecule has 0 aliphatic rings. The predicted octanol–water partition coefficient (Wildman–Crippen LogP) is 3.39. The molecular weight excluding hydrogens is 172 g/mol. The Balaban J connectivity index is 3.03. The Morgan fingerprint density at radius 2 is 2.07 bits per heavy atom. The van der Waals surface area contributed by atoms with Crippen LogP contribution in [-0.4, -0.2) is 9.97 Å². The molecule has 0 aliphatic carbocycles. The molecule has 1 N–H and O–H groups in total. The number of aromatic nitrogens is 2. The standard InChI is InChI=1S/C12H20N2/c1-8(2)10-7-13-11(14-10)12(5,6)9(3)4/h7-8H,3H2,1-2,4-6H3,(H,13,14). The van der Waals surface area contributed by atoms with Gasteiger partial charge in [0.05, 0.1) is 5.69 Å². The van der Waals surface area contributed by atoms with Crippen LogP contribution >= 0.6 is 0 Å². The lowest BCUT2D eigenvalue weighted by atomic mass is 9.85. The van der Waals surface area contributed by atoms with Gasteiger partial charge in [0.25, 0.3) is 0 Å². The van der Waals surface area contributed by atoms with E-state index in [2.05, 4.69) is 44.2 Å². The summed E-state index contributed by atoms with van der Waals surface area (Å²) < 4.78 is 0. The molecule has 0 spiro atoms. The third-order valence-corrected chi connectivity index (χ3v) is 2.85. The van der Waals surface area contributed by atoms with Crippen molar-refractivity contribution < 1.29 is 0 Å². The Morgan fingerprint density at radius 1 is 1.50 bits per heavy atom. The van der Waals surface area contributed by atoms with Crippen molar-refractivity contribution in [2.75, 3.05) is 0 Å². The largest absolute Gasteiger partial charge is 0.348 e. The summed E-state index contributed by atoms with van der Waals surface area (Å²) >= 11 is 0. The number of imidazole rings is 1. The highest BCUT2D eigenvalue weighted by molar-refractivity contribution is 5.23. The van der Waals surface area contributed by atoms with Gasteiger partial charge >= 0.3 is 0 Å². The number of aromatic amines is 1. The van der Waals surface area contributed by atoms with E-state index >= 15 is 0 Å². The normalized spacial score (nSPS) is 12.1. The number of H-pyrrole nitrogens is 1. The predicted molar refractivity (Wildman–Crippen MR) is 60.5 cm³/mol. The van der Waals surface area contributed by atoms with Gasteiger partial charge in [0.1, 0.15) is 5.82 Å². The van der Waals surface area contributed by atoms with Gasteiger partial charge in [-0.25, -0.2) is 4.98 Å². The van der Waals surface area contributed by atoms with Crippen molar-refractivity contribution in [1.29, 1.82) is 0 Å². The average Bonchev–Trinajstić information content (AvgIpc) is 2.51. The summed E-state index contributed by atoms with van der Waals surface area (Å²) in [4.78, 5) is 7.82. The van der Waals surface area contributed by atoms with Gasteiger partial charge in [-0.3, -0.25) is 0 Å². The van der Waals surface area contributed by atoms with Crippen LogP contribution in [0.5, 0.6) is 0 Å². The van der Waals surface area contributed by atoms with Crippen LogP contribution in [0.4, 0.5) is 0 Å². The van der Waals surface area contributed by atoms with E-state index < -0.39 is 0 Å². The van der Waals surface area contributed by atoms with Crippen molar-refractivity contribution in [1.82, 2.24) is 9.97 Å². The monoisotopic (exact) mass is 192 g/mol. The Labute approximate surface area is 86.5 Å². The van der Waals surface area contributed by atoms with E-state index in [1.165, 1.54) is 0 Å². The minimum absolute atomic E-state index is 0.0624. The second kappa shape index (κ2) is 3.60. The Kier molecular flexibility index (Phi) is 2.84. The third kappa shape index (κ3) is 1.89. The van der Waals surface area contributed by atoms with E-state index in [0.29, 0.717) is 5.92 Å². The van der Waals surface area contributed by atoms with Crippen molar-refractivity contribution in [2.45, 2.75) is 46.0 Å². The molecular formula is C12H20N2. The first kappa shape index (κ1) is 11.0. The molecule has 0 aliphatic heterocycles. The number of nitrogens with one attached hydrogen (secondary N) is 1. The summed E-state index contributed by atoms with van der Waals surface area (Å²) in [5.41, 5.74) is 2.18. The number of allylic oxidation sites excluding steroid dienone is 1. The summed E-state index contributed by atoms with van der Waals surface area (Å²) in [6.07, 6.45) is 1.99. The molecule has 0 amide bonds. The zero-order valence-electron chi connectivity index (χ0n) is 9.81. The van der Waals surface area contributed by atoms with Crippen LogP contribution in [0, 0.1) is 0 Å². The molecule has 78 valence electrons. The molecule has 1 aromatic heterocycles. The van der Waals surface area contributed by atoms with Gasteiger partial charge in [0, 0.05) is 11.6 Å². The molecule has 0 fully saturated rings. The van der Waals surface area contributed by atoms with Crippen molar-refractivity contribution in [2.24, 2.45) is 0 Å². The number of nitrogens with zero attached hydrogens (tertiary/aromatic N) is 1. The highest BCUT2D eigenvalue weighted by Crippen LogP contribution is 2.28. The lowest BCUT2D eigenvalue weighted by molar-refractivity contribution is 0.583. The highest BCUT2D eigenvalue weighted by Gasteiger charge is 2.25. The van der Waals surface area contributed by atoms with Gasteiger partial charge in [-0.15, -0.1) is 0 Å². The Morgan fingerprint density at radius 3 is 2.43 bits per heavy atom. The van der Waals surface area contributed by atoms with E-state index in [0.717, 1.165) is 17.1 Å². The first-order valence-electron chi connectivity index (χ1n) is 5.07. The zero-order chi connectivity index (χ0) is 10.9. The van der Waals surface area contributed by atoms with Crippen molar-refractivity contribution in [3.63, 3.8) is 0 Å². The lowest BCUT2D eigenvalue weighted by Gasteiger charge is -2.22. The third-order valence-electron chi connectivity index (χ3n) is 2.85. The number of rotatable bonds is 3. The molecule has 14 heavy (non-hydrogen) atoms. The number of hydrogen-bond donors (Lipinski definition) is 1. The fraction of sp³-hybridized carbons (Fsp3) is 0.583. The molecule has 0 bridgehead atoms. The molecule has 2 nitrogen and oxygen atoms in total. The molecule has 0 saturated heterocycles. The van der Waals surface area contributed by atoms with Crippen LogP contribution in [0.15, 0.2) is 18.3 Å². The van der Waals surface area contributed by atoms with Crippen molar-refractivity contribution >= 4 is 0 Å². The van der Waals surface area contributed by atoms with Crippen LogP contribution in [0.1, 0.15) is 52.1 Å². The minimum Gasteiger partial charge on any atom is -0.348 e. The molecule has 0 unspecified atom stereocenters. The number of hydrogen-bond acceptors (Lipinski definition) is 1. The molecule has 0 aromatic carbocycles. The van der Waals surface area contributed by atoms with E-state index in [-0.39, 0.29) is 5.41 Å². The maximum atomic E-state index is 4.59. The maximum absolute atomic E-state index is 4.59. The molecule has 1 heterocycles. The quantitative estimate of drug-likeness (QED) is 0.731. The minimum atomic E-state index is -0.0624. The van der Waals surface area contributed by atoms with Gasteiger partial charge in [-0.2, -0.15) is 0 Å². The van der Waals surface area contributed by atoms with Crippen molar-refractivity contribution in [3.05, 3.63) is 29.9 Å². The zero-order valence-corrected chi connectivity index (χ0v) is 9.81. The molecule has 1 rings (SSSR count). The molecule has 2 heteroatoms. The van der Waals surface area contributed by atoms with Gasteiger partial charge in [0.15, 0.2) is 0 Å². The second-order valence-electron chi connectivity index (χ2n) is 4.73. The van der Waals surface area contributed by atoms with E-state index in [9.17, 15) is 0 Å². The second-order valence-corrected chi connectivity index (χ2v) is 4.73. The summed E-state index contributed by atoms with van der Waals surface area (Å²) in [6, 6.07) is 0. The van der Waals surface area contributed by atoms with E-state index in [1.807, 2.05) is 13.1 Å². The fourth-order valence-electron chi connectivity index (χ4n) is 1.15. The van der Waals surface area contributed by atoms with Gasteiger partial charge in [0.2, 0.25) is 0 Å². The topological polar surface area (TPSA) is 28.7 Å². The Bertz CT molecular complexity index is 332. The average molecular weight is 192 g/mol. The van der Waals surface area contributed by atoms with Crippen LogP contribution < -0.4 is 0 Å². The van der Waals surface area contributed by atoms with Crippen molar-refractivity contribution in [3.8, 4) is 0 Å². The van der Waals surface area contributed by atoms with Crippen LogP contribution in [-0.2, 0) is 5.41 Å². The van der Waals surface area contributed by atoms with Gasteiger partial charge < -0.3 is 4.98 Å². The van der Waals surface area contributed by atoms with Gasteiger partial charge in [-0.1, -0.05) is 26.0 Å². The van der Waals surface area contributed by atoms with E-state index in [4.69, 9.17) is 0 Å². The van der Waals surface area contributed by atoms with Gasteiger partial charge in [-0.05, 0) is 26.7 Å². The lowest BCUT2D eigenvalue weighted by Crippen LogP contribution is -2.20. The maximum Gasteiger partial charge on any atom is 0.116 e. The summed E-state index contributed by atoms with van der Waals surface area (Å²) in [7, 11) is 0. The summed E-state index contributed by atoms with van der Waals surface area (Å²) in [5.74, 6) is 1.48. The smallest absolute Gasteiger partial charge is 0.116 e. The summed E-state index contributed by atoms with van der Waals surface area (Å²) in [5, 5.41) is 0. The SMILES string of the molecule is C=C(C)C(C)(C)c1nc(C(C)C)c[nH]1. The first-order valence-corrected chi connectivity index (χ1v) is 5.07. The molecule has 1 aromatic rings. The Hall–Kier alpha value is -1.05. The summed E-state index contributed by atoms with van der Waals surface area (Å²) in [6.45, 7) is 14.6. The fourth-order valence-corrected chi connectivity index (χ4v) is 1.15. The molecule has 0 atom stereocenters.